The van der Waals surface area contributed by atoms with Crippen LogP contribution in [-0.2, 0) is 13.0 Å². The van der Waals surface area contributed by atoms with E-state index in [-0.39, 0.29) is 6.09 Å². The van der Waals surface area contributed by atoms with Gasteiger partial charge in [-0.3, -0.25) is 0 Å². The molecule has 2 atom stereocenters. The van der Waals surface area contributed by atoms with Gasteiger partial charge in [-0.05, 0) is 86.1 Å². The van der Waals surface area contributed by atoms with Gasteiger partial charge in [-0.2, -0.15) is 0 Å². The van der Waals surface area contributed by atoms with Crippen LogP contribution in [0.2, 0.25) is 0 Å². The predicted octanol–water partition coefficient (Wildman–Crippen LogP) is 7.03. The average Bonchev–Trinajstić information content (AvgIpc) is 3.61. The number of carbonyl (C=O) groups excluding carboxylic acids is 1. The first-order valence-electron chi connectivity index (χ1n) is 12.8. The van der Waals surface area contributed by atoms with E-state index in [2.05, 4.69) is 24.3 Å². The molecule has 6 nitrogen and oxygen atoms in total. The highest BCUT2D eigenvalue weighted by molar-refractivity contribution is 5.70. The Hall–Kier alpha value is -4.06. The number of amides is 1. The molecule has 1 aliphatic rings. The van der Waals surface area contributed by atoms with Gasteiger partial charge in [-0.25, -0.2) is 9.78 Å². The van der Waals surface area contributed by atoms with Crippen molar-refractivity contribution in [3.8, 4) is 23.0 Å². The van der Waals surface area contributed by atoms with E-state index in [1.54, 1.807) is 36.3 Å². The van der Waals surface area contributed by atoms with Crippen molar-refractivity contribution in [3.63, 3.8) is 0 Å². The second-order valence-corrected chi connectivity index (χ2v) is 9.49. The van der Waals surface area contributed by atoms with E-state index in [1.807, 2.05) is 44.2 Å². The fourth-order valence-corrected chi connectivity index (χ4v) is 4.66. The second kappa shape index (κ2) is 10.9. The number of nitrogens with zero attached hydrogens (tertiary/aromatic N) is 2. The fraction of sp³-hybridized carbons (Fsp3) is 0.290. The Balaban J connectivity index is 1.16. The van der Waals surface area contributed by atoms with Gasteiger partial charge < -0.3 is 18.8 Å². The molecule has 6 heteroatoms. The Labute approximate surface area is 217 Å². The highest BCUT2D eigenvalue weighted by atomic mass is 16.6. The minimum atomic E-state index is -0.364. The molecule has 1 heterocycles. The van der Waals surface area contributed by atoms with Gasteiger partial charge in [0.05, 0.1) is 12.8 Å². The molecule has 190 valence electrons. The lowest BCUT2D eigenvalue weighted by Crippen LogP contribution is -2.32. The topological polar surface area (TPSA) is 64.8 Å². The molecular formula is C31H32N2O4. The smallest absolute Gasteiger partial charge is 0.415 e. The van der Waals surface area contributed by atoms with Crippen molar-refractivity contribution in [2.45, 2.75) is 39.2 Å². The maximum Gasteiger partial charge on any atom is 0.415 e. The Bertz CT molecular complexity index is 1330. The monoisotopic (exact) mass is 496 g/mol. The number of aryl methyl sites for hydroxylation is 1. The van der Waals surface area contributed by atoms with Crippen molar-refractivity contribution in [2.24, 2.45) is 5.92 Å². The molecule has 0 N–H and O–H groups in total. The van der Waals surface area contributed by atoms with E-state index >= 15 is 0 Å². The first-order chi connectivity index (χ1) is 18.0. The molecule has 0 aliphatic heterocycles. The molecule has 4 aromatic rings. The van der Waals surface area contributed by atoms with Crippen LogP contribution in [-0.4, -0.2) is 29.6 Å². The standard InChI is InChI=1S/C31H32N2O4/c1-4-33(31(34)37-27-16-14-26(35-3)15-17-27)20-22-10-12-23(13-11-22)28-18-25(28)19-29-21(2)36-30(32-29)24-8-6-5-7-9-24/h5-17,25,28H,4,18-20H2,1-3H3. The summed E-state index contributed by atoms with van der Waals surface area (Å²) in [5.74, 6) is 3.93. The van der Waals surface area contributed by atoms with E-state index in [0.29, 0.717) is 36.6 Å². The van der Waals surface area contributed by atoms with Crippen molar-refractivity contribution in [1.29, 1.82) is 0 Å². The van der Waals surface area contributed by atoms with Crippen LogP contribution in [0.3, 0.4) is 0 Å². The summed E-state index contributed by atoms with van der Waals surface area (Å²) in [4.78, 5) is 19.2. The van der Waals surface area contributed by atoms with Gasteiger partial charge in [0.2, 0.25) is 5.89 Å². The predicted molar refractivity (Wildman–Crippen MR) is 143 cm³/mol. The lowest BCUT2D eigenvalue weighted by molar-refractivity contribution is 0.152. The third-order valence-electron chi connectivity index (χ3n) is 6.98. The number of hydrogen-bond acceptors (Lipinski definition) is 5. The average molecular weight is 497 g/mol. The zero-order valence-corrected chi connectivity index (χ0v) is 21.5. The van der Waals surface area contributed by atoms with Crippen molar-refractivity contribution in [1.82, 2.24) is 9.88 Å². The largest absolute Gasteiger partial charge is 0.497 e. The number of aromatic nitrogens is 1. The number of oxazole rings is 1. The van der Waals surface area contributed by atoms with Crippen LogP contribution >= 0.6 is 0 Å². The molecule has 37 heavy (non-hydrogen) atoms. The minimum Gasteiger partial charge on any atom is -0.497 e. The van der Waals surface area contributed by atoms with E-state index in [9.17, 15) is 4.79 Å². The van der Waals surface area contributed by atoms with Crippen LogP contribution in [0.15, 0.2) is 83.3 Å². The van der Waals surface area contributed by atoms with Crippen LogP contribution in [0.5, 0.6) is 11.5 Å². The van der Waals surface area contributed by atoms with Gasteiger partial charge in [0.15, 0.2) is 0 Å². The molecule has 1 aliphatic carbocycles. The van der Waals surface area contributed by atoms with Crippen LogP contribution in [0.4, 0.5) is 4.79 Å². The van der Waals surface area contributed by atoms with E-state index in [0.717, 1.165) is 41.2 Å². The molecule has 0 radical (unpaired) electrons. The summed E-state index contributed by atoms with van der Waals surface area (Å²) in [5.41, 5.74) is 4.47. The van der Waals surface area contributed by atoms with Gasteiger partial charge in [-0.1, -0.05) is 42.5 Å². The Kier molecular flexibility index (Phi) is 7.26. The van der Waals surface area contributed by atoms with Crippen molar-refractivity contribution in [3.05, 3.63) is 101 Å². The quantitative estimate of drug-likeness (QED) is 0.249. The third-order valence-corrected chi connectivity index (χ3v) is 6.98. The highest BCUT2D eigenvalue weighted by Crippen LogP contribution is 2.49. The second-order valence-electron chi connectivity index (χ2n) is 9.49. The molecule has 3 aromatic carbocycles. The number of carbonyl (C=O) groups is 1. The third kappa shape index (κ3) is 5.85. The van der Waals surface area contributed by atoms with Crippen LogP contribution < -0.4 is 9.47 Å². The van der Waals surface area contributed by atoms with Gasteiger partial charge in [0.1, 0.15) is 17.3 Å². The van der Waals surface area contributed by atoms with E-state index < -0.39 is 0 Å². The number of benzene rings is 3. The number of methoxy groups -OCH3 is 1. The fourth-order valence-electron chi connectivity index (χ4n) is 4.66. The summed E-state index contributed by atoms with van der Waals surface area (Å²) in [7, 11) is 1.60. The summed E-state index contributed by atoms with van der Waals surface area (Å²) in [6, 6.07) is 25.6. The molecule has 5 rings (SSSR count). The molecule has 0 saturated heterocycles. The van der Waals surface area contributed by atoms with Gasteiger partial charge >= 0.3 is 6.09 Å². The van der Waals surface area contributed by atoms with Crippen LogP contribution in [0.1, 0.15) is 41.8 Å². The van der Waals surface area contributed by atoms with Crippen LogP contribution in [0.25, 0.3) is 11.5 Å². The normalized spacial score (nSPS) is 16.3. The molecule has 1 aromatic heterocycles. The lowest BCUT2D eigenvalue weighted by atomic mass is 10.0. The summed E-state index contributed by atoms with van der Waals surface area (Å²) in [6.07, 6.45) is 1.72. The molecule has 0 bridgehead atoms. The SMILES string of the molecule is CCN(Cc1ccc(C2CC2Cc2nc(-c3ccccc3)oc2C)cc1)C(=O)Oc1ccc(OC)cc1. The Morgan fingerprint density at radius 2 is 1.70 bits per heavy atom. The zero-order valence-electron chi connectivity index (χ0n) is 21.5. The summed E-state index contributed by atoms with van der Waals surface area (Å²) in [5, 5.41) is 0. The minimum absolute atomic E-state index is 0.364. The van der Waals surface area contributed by atoms with Gasteiger partial charge in [0.25, 0.3) is 0 Å². The van der Waals surface area contributed by atoms with Crippen LogP contribution in [0, 0.1) is 12.8 Å². The number of rotatable bonds is 9. The maximum atomic E-state index is 12.7. The summed E-state index contributed by atoms with van der Waals surface area (Å²) in [6.45, 7) is 5.01. The molecular weight excluding hydrogens is 464 g/mol. The number of ether oxygens (including phenoxy) is 2. The highest BCUT2D eigenvalue weighted by Gasteiger charge is 2.39. The lowest BCUT2D eigenvalue weighted by Gasteiger charge is -2.20. The molecule has 0 spiro atoms. The van der Waals surface area contributed by atoms with Crippen molar-refractivity contribution < 1.29 is 18.7 Å². The zero-order chi connectivity index (χ0) is 25.8. The summed E-state index contributed by atoms with van der Waals surface area (Å²) >= 11 is 0. The molecule has 1 amide bonds. The molecule has 1 saturated carbocycles. The van der Waals surface area contributed by atoms with Gasteiger partial charge in [0, 0.05) is 18.7 Å². The Morgan fingerprint density at radius 3 is 2.38 bits per heavy atom. The first kappa shape index (κ1) is 24.6. The van der Waals surface area contributed by atoms with Gasteiger partial charge in [-0.15, -0.1) is 0 Å². The van der Waals surface area contributed by atoms with E-state index in [1.165, 1.54) is 5.56 Å². The van der Waals surface area contributed by atoms with E-state index in [4.69, 9.17) is 18.9 Å². The summed E-state index contributed by atoms with van der Waals surface area (Å²) < 4.78 is 16.6. The maximum absolute atomic E-state index is 12.7. The Morgan fingerprint density at radius 1 is 1.00 bits per heavy atom. The van der Waals surface area contributed by atoms with Crippen molar-refractivity contribution >= 4 is 6.09 Å². The molecule has 2 unspecified atom stereocenters. The number of hydrogen-bond donors (Lipinski definition) is 0. The van der Waals surface area contributed by atoms with Crippen molar-refractivity contribution in [2.75, 3.05) is 13.7 Å². The first-order valence-corrected chi connectivity index (χ1v) is 12.8. The molecule has 1 fully saturated rings.